The largest absolute Gasteiger partial charge is 0.394 e. The standard InChI is InChI=1S/C38H68N4O21/c1-3-21(45)7-5-4-6-8-39-24(46)15-41(16-25(47)40-9-12-58-36-33(55)30(52)27(49)20(2)61-36)17-26(48)42(10-13-59-37-34(56)31(53)28(50)22(18-43)62-37)11-14-60-38-35(57)32(54)29(51)23(19-44)63-38/h20,22-23,27-38,43-44,49-57H,3-19H2,1-2H3,(H,39,46)(H,40,47)/t20-,22+,23+,27+,28+,29+,30+,31-,32-,33-,34-,35-,36-,37?,38?/m0/s1. The summed E-state index contributed by atoms with van der Waals surface area (Å²) in [5, 5.41) is 116. The molecule has 0 radical (unpaired) electrons. The van der Waals surface area contributed by atoms with Crippen LogP contribution in [0.5, 0.6) is 0 Å². The van der Waals surface area contributed by atoms with E-state index in [0.29, 0.717) is 32.1 Å². The Hall–Kier alpha value is -2.64. The van der Waals surface area contributed by atoms with Crippen molar-refractivity contribution in [1.82, 2.24) is 20.4 Å². The van der Waals surface area contributed by atoms with Crippen LogP contribution in [0.4, 0.5) is 0 Å². The molecule has 0 aliphatic carbocycles. The third-order valence-corrected chi connectivity index (χ3v) is 10.8. The van der Waals surface area contributed by atoms with Gasteiger partial charge in [0.25, 0.3) is 0 Å². The van der Waals surface area contributed by atoms with Gasteiger partial charge in [0.2, 0.25) is 17.7 Å². The Kier molecular flexibility index (Phi) is 24.1. The van der Waals surface area contributed by atoms with Crippen LogP contribution in [0.15, 0.2) is 0 Å². The van der Waals surface area contributed by atoms with Crippen molar-refractivity contribution >= 4 is 23.5 Å². The molecule has 0 aromatic carbocycles. The molecular weight excluding hydrogens is 848 g/mol. The summed E-state index contributed by atoms with van der Waals surface area (Å²) in [6.07, 6.45) is -19.8. The number of carbonyl (C=O) groups excluding carboxylic acids is 4. The quantitative estimate of drug-likeness (QED) is 0.0340. The normalized spacial score (nSPS) is 33.5. The minimum atomic E-state index is -1.75. The highest BCUT2D eigenvalue weighted by Crippen LogP contribution is 2.24. The lowest BCUT2D eigenvalue weighted by atomic mass is 9.99. The van der Waals surface area contributed by atoms with Gasteiger partial charge in [0.15, 0.2) is 18.9 Å². The highest BCUT2D eigenvalue weighted by molar-refractivity contribution is 5.84. The summed E-state index contributed by atoms with van der Waals surface area (Å²) in [6.45, 7) is -1.11. The number of nitrogens with one attached hydrogen (secondary N) is 2. The molecule has 63 heavy (non-hydrogen) atoms. The fourth-order valence-electron chi connectivity index (χ4n) is 6.85. The number of hydrogen-bond acceptors (Lipinski definition) is 22. The van der Waals surface area contributed by atoms with Crippen LogP contribution in [0, 0.1) is 0 Å². The first-order valence-corrected chi connectivity index (χ1v) is 21.1. The van der Waals surface area contributed by atoms with E-state index >= 15 is 0 Å². The summed E-state index contributed by atoms with van der Waals surface area (Å²) in [5.41, 5.74) is 0. The van der Waals surface area contributed by atoms with Gasteiger partial charge in [-0.25, -0.2) is 0 Å². The van der Waals surface area contributed by atoms with E-state index in [4.69, 9.17) is 28.4 Å². The maximum atomic E-state index is 14.0. The van der Waals surface area contributed by atoms with Crippen molar-refractivity contribution in [2.75, 3.05) is 78.8 Å². The molecule has 0 bridgehead atoms. The predicted octanol–water partition coefficient (Wildman–Crippen LogP) is -7.63. The van der Waals surface area contributed by atoms with Gasteiger partial charge in [0.05, 0.1) is 58.8 Å². The van der Waals surface area contributed by atoms with Crippen LogP contribution in [0.1, 0.15) is 46.0 Å². The van der Waals surface area contributed by atoms with Gasteiger partial charge in [-0.15, -0.1) is 0 Å². The lowest BCUT2D eigenvalue weighted by Gasteiger charge is -2.40. The fourth-order valence-corrected chi connectivity index (χ4v) is 6.85. The van der Waals surface area contributed by atoms with Crippen molar-refractivity contribution in [2.24, 2.45) is 0 Å². The van der Waals surface area contributed by atoms with Crippen LogP contribution < -0.4 is 10.6 Å². The Morgan fingerprint density at radius 1 is 0.556 bits per heavy atom. The maximum Gasteiger partial charge on any atom is 0.236 e. The summed E-state index contributed by atoms with van der Waals surface area (Å²) in [5.74, 6) is -1.76. The molecule has 366 valence electrons. The van der Waals surface area contributed by atoms with E-state index in [1.807, 2.05) is 0 Å². The van der Waals surface area contributed by atoms with E-state index in [0.717, 1.165) is 4.90 Å². The van der Waals surface area contributed by atoms with Crippen LogP contribution in [0.2, 0.25) is 0 Å². The Morgan fingerprint density at radius 2 is 1.02 bits per heavy atom. The smallest absolute Gasteiger partial charge is 0.236 e. The molecule has 3 aliphatic rings. The number of ketones is 1. The fraction of sp³-hybridized carbons (Fsp3) is 0.895. The summed E-state index contributed by atoms with van der Waals surface area (Å²) in [7, 11) is 0. The van der Waals surface area contributed by atoms with Crippen molar-refractivity contribution in [3.63, 3.8) is 0 Å². The molecule has 3 heterocycles. The molecule has 25 heteroatoms. The Balaban J connectivity index is 1.69. The zero-order valence-electron chi connectivity index (χ0n) is 35.6. The number of aliphatic hydroxyl groups is 11. The Bertz CT molecular complexity index is 1340. The van der Waals surface area contributed by atoms with Gasteiger partial charge in [0.1, 0.15) is 72.9 Å². The zero-order valence-corrected chi connectivity index (χ0v) is 35.6. The number of ether oxygens (including phenoxy) is 6. The van der Waals surface area contributed by atoms with Crippen molar-refractivity contribution < 1.29 is 104 Å². The van der Waals surface area contributed by atoms with Crippen LogP contribution >= 0.6 is 0 Å². The summed E-state index contributed by atoms with van der Waals surface area (Å²) < 4.78 is 32.7. The molecule has 3 aliphatic heterocycles. The number of unbranched alkanes of at least 4 members (excludes halogenated alkanes) is 2. The van der Waals surface area contributed by atoms with Crippen molar-refractivity contribution in [3.8, 4) is 0 Å². The molecule has 3 fully saturated rings. The average molecular weight is 917 g/mol. The lowest BCUT2D eigenvalue weighted by molar-refractivity contribution is -0.303. The molecule has 0 saturated carbocycles. The van der Waals surface area contributed by atoms with E-state index in [-0.39, 0.29) is 51.8 Å². The van der Waals surface area contributed by atoms with E-state index in [9.17, 15) is 75.3 Å². The molecular formula is C38H68N4O21. The molecule has 13 N–H and O–H groups in total. The van der Waals surface area contributed by atoms with Crippen LogP contribution in [-0.2, 0) is 47.6 Å². The zero-order chi connectivity index (χ0) is 46.8. The van der Waals surface area contributed by atoms with Crippen molar-refractivity contribution in [1.29, 1.82) is 0 Å². The van der Waals surface area contributed by atoms with Crippen LogP contribution in [0.3, 0.4) is 0 Å². The molecule has 0 spiro atoms. The first-order chi connectivity index (χ1) is 29.9. The molecule has 0 aromatic rings. The third kappa shape index (κ3) is 16.9. The predicted molar refractivity (Wildman–Crippen MR) is 211 cm³/mol. The topological polar surface area (TPSA) is 377 Å². The van der Waals surface area contributed by atoms with Crippen molar-refractivity contribution in [2.45, 2.75) is 138 Å². The minimum Gasteiger partial charge on any atom is -0.394 e. The number of rotatable bonds is 27. The van der Waals surface area contributed by atoms with E-state index < -0.39 is 143 Å². The third-order valence-electron chi connectivity index (χ3n) is 10.8. The number of Topliss-reactive ketones (excluding diaryl/α,β-unsaturated/α-hetero) is 1. The van der Waals surface area contributed by atoms with Crippen LogP contribution in [0.25, 0.3) is 0 Å². The van der Waals surface area contributed by atoms with Gasteiger partial charge >= 0.3 is 0 Å². The van der Waals surface area contributed by atoms with E-state index in [1.54, 1.807) is 6.92 Å². The van der Waals surface area contributed by atoms with Crippen LogP contribution in [-0.4, -0.2) is 260 Å². The molecule has 2 unspecified atom stereocenters. The number of carbonyl (C=O) groups is 4. The summed E-state index contributed by atoms with van der Waals surface area (Å²) in [4.78, 5) is 54.2. The number of hydrogen-bond donors (Lipinski definition) is 13. The maximum absolute atomic E-state index is 14.0. The molecule has 3 saturated heterocycles. The SMILES string of the molecule is CCC(=O)CCCCCNC(=O)CN(CC(=O)NCCO[C@H]1O[C@@H](C)[C@@H](O)[C@@H](O)[C@@H]1O)CC(=O)N(CCOC1O[C@H](CO)[C@@H](O)[C@H](O)[C@@H]1O)CCOC1O[C@H](CO)[C@@H](O)[C@H](O)[C@@H]1O. The van der Waals surface area contributed by atoms with E-state index in [2.05, 4.69) is 10.6 Å². The number of aliphatic hydroxyl groups excluding tert-OH is 11. The van der Waals surface area contributed by atoms with E-state index in [1.165, 1.54) is 11.8 Å². The first kappa shape index (κ1) is 54.7. The molecule has 3 amide bonds. The highest BCUT2D eigenvalue weighted by atomic mass is 16.7. The Morgan fingerprint density at radius 3 is 1.51 bits per heavy atom. The van der Waals surface area contributed by atoms with Gasteiger partial charge in [-0.3, -0.25) is 24.1 Å². The lowest BCUT2D eigenvalue weighted by Crippen LogP contribution is -2.59. The monoisotopic (exact) mass is 916 g/mol. The molecule has 15 atom stereocenters. The highest BCUT2D eigenvalue weighted by Gasteiger charge is 2.46. The van der Waals surface area contributed by atoms with Gasteiger partial charge in [-0.2, -0.15) is 0 Å². The van der Waals surface area contributed by atoms with Gasteiger partial charge in [0, 0.05) is 39.0 Å². The second kappa shape index (κ2) is 27.7. The second-order valence-corrected chi connectivity index (χ2v) is 15.6. The molecule has 0 aromatic heterocycles. The molecule has 25 nitrogen and oxygen atoms in total. The Labute approximate surface area is 364 Å². The number of nitrogens with zero attached hydrogens (tertiary/aromatic N) is 2. The minimum absolute atomic E-state index is 0.132. The molecule has 3 rings (SSSR count). The number of amides is 3. The average Bonchev–Trinajstić information content (AvgIpc) is 3.26. The van der Waals surface area contributed by atoms with Gasteiger partial charge in [-0.1, -0.05) is 13.3 Å². The summed E-state index contributed by atoms with van der Waals surface area (Å²) in [6, 6.07) is 0. The van der Waals surface area contributed by atoms with Gasteiger partial charge < -0.3 is 100 Å². The first-order valence-electron chi connectivity index (χ1n) is 21.1. The van der Waals surface area contributed by atoms with Gasteiger partial charge in [-0.05, 0) is 19.8 Å². The second-order valence-electron chi connectivity index (χ2n) is 15.6. The summed E-state index contributed by atoms with van der Waals surface area (Å²) >= 11 is 0. The van der Waals surface area contributed by atoms with Crippen molar-refractivity contribution in [3.05, 3.63) is 0 Å².